The molecule has 0 saturated carbocycles. The Morgan fingerprint density at radius 1 is 1.47 bits per heavy atom. The standard InChI is InChI=1S/C9H10ClN3S2/c1-2-6-3-4-14-7(6)5-11-9-8(10)12-15-13-9/h3-4H,2,5H2,1H3,(H,11,13). The van der Waals surface area contributed by atoms with Crippen LogP contribution in [0.5, 0.6) is 0 Å². The Hall–Kier alpha value is -0.650. The van der Waals surface area contributed by atoms with Crippen LogP contribution in [0, 0.1) is 0 Å². The van der Waals surface area contributed by atoms with Crippen LogP contribution in [0.15, 0.2) is 11.4 Å². The van der Waals surface area contributed by atoms with Crippen LogP contribution >= 0.6 is 34.7 Å². The van der Waals surface area contributed by atoms with Crippen LogP contribution in [0.4, 0.5) is 5.82 Å². The van der Waals surface area contributed by atoms with Crippen molar-refractivity contribution < 1.29 is 0 Å². The Labute approximate surface area is 101 Å². The van der Waals surface area contributed by atoms with E-state index in [-0.39, 0.29) is 0 Å². The molecule has 0 bridgehead atoms. The number of hydrogen-bond donors (Lipinski definition) is 1. The lowest BCUT2D eigenvalue weighted by Gasteiger charge is -2.02. The van der Waals surface area contributed by atoms with Gasteiger partial charge < -0.3 is 5.32 Å². The molecule has 2 heterocycles. The molecule has 0 aromatic carbocycles. The lowest BCUT2D eigenvalue weighted by atomic mass is 10.2. The van der Waals surface area contributed by atoms with Crippen molar-refractivity contribution in [3.8, 4) is 0 Å². The largest absolute Gasteiger partial charge is 0.362 e. The van der Waals surface area contributed by atoms with E-state index in [1.165, 1.54) is 10.4 Å². The molecule has 0 saturated heterocycles. The second-order valence-electron chi connectivity index (χ2n) is 2.98. The first-order valence-corrected chi connectivity index (χ1v) is 6.57. The van der Waals surface area contributed by atoms with E-state index in [1.807, 2.05) is 0 Å². The molecule has 0 aliphatic rings. The maximum Gasteiger partial charge on any atom is 0.186 e. The molecule has 2 aromatic heterocycles. The topological polar surface area (TPSA) is 37.8 Å². The minimum atomic E-state index is 0.453. The maximum absolute atomic E-state index is 5.83. The summed E-state index contributed by atoms with van der Waals surface area (Å²) in [5.41, 5.74) is 1.38. The summed E-state index contributed by atoms with van der Waals surface area (Å²) in [6.45, 7) is 2.93. The fraction of sp³-hybridized carbons (Fsp3) is 0.333. The highest BCUT2D eigenvalue weighted by Crippen LogP contribution is 2.22. The summed E-state index contributed by atoms with van der Waals surface area (Å²) in [5.74, 6) is 0.678. The van der Waals surface area contributed by atoms with Crippen molar-refractivity contribution in [3.05, 3.63) is 27.0 Å². The molecule has 0 aliphatic carbocycles. The van der Waals surface area contributed by atoms with Crippen molar-refractivity contribution in [2.24, 2.45) is 0 Å². The van der Waals surface area contributed by atoms with Crippen LogP contribution in [-0.4, -0.2) is 8.75 Å². The van der Waals surface area contributed by atoms with Gasteiger partial charge in [-0.15, -0.1) is 11.3 Å². The van der Waals surface area contributed by atoms with Gasteiger partial charge in [0.25, 0.3) is 0 Å². The van der Waals surface area contributed by atoms with E-state index in [2.05, 4.69) is 32.4 Å². The van der Waals surface area contributed by atoms with Gasteiger partial charge in [0.2, 0.25) is 0 Å². The fourth-order valence-electron chi connectivity index (χ4n) is 1.28. The molecule has 1 N–H and O–H groups in total. The van der Waals surface area contributed by atoms with Crippen molar-refractivity contribution >= 4 is 40.5 Å². The van der Waals surface area contributed by atoms with E-state index >= 15 is 0 Å². The maximum atomic E-state index is 5.83. The molecule has 0 fully saturated rings. The van der Waals surface area contributed by atoms with Gasteiger partial charge in [-0.2, -0.15) is 8.75 Å². The molecule has 0 spiro atoms. The van der Waals surface area contributed by atoms with Gasteiger partial charge in [-0.05, 0) is 23.4 Å². The van der Waals surface area contributed by atoms with Gasteiger partial charge in [-0.3, -0.25) is 0 Å². The molecule has 15 heavy (non-hydrogen) atoms. The molecule has 0 unspecified atom stereocenters. The molecular weight excluding hydrogens is 250 g/mol. The molecule has 2 aromatic rings. The third-order valence-electron chi connectivity index (χ3n) is 2.08. The summed E-state index contributed by atoms with van der Waals surface area (Å²) in [6, 6.07) is 2.16. The second-order valence-corrected chi connectivity index (χ2v) is 4.87. The average Bonchev–Trinajstić information content (AvgIpc) is 2.83. The summed E-state index contributed by atoms with van der Waals surface area (Å²) in [5, 5.41) is 5.75. The van der Waals surface area contributed by atoms with Crippen molar-refractivity contribution in [2.75, 3.05) is 5.32 Å². The van der Waals surface area contributed by atoms with E-state index in [4.69, 9.17) is 11.6 Å². The monoisotopic (exact) mass is 259 g/mol. The summed E-state index contributed by atoms with van der Waals surface area (Å²) < 4.78 is 7.96. The number of hydrogen-bond acceptors (Lipinski definition) is 5. The van der Waals surface area contributed by atoms with E-state index in [0.717, 1.165) is 24.7 Å². The number of nitrogens with one attached hydrogen (secondary N) is 1. The zero-order chi connectivity index (χ0) is 10.7. The zero-order valence-electron chi connectivity index (χ0n) is 8.16. The smallest absolute Gasteiger partial charge is 0.186 e. The summed E-state index contributed by atoms with van der Waals surface area (Å²) in [6.07, 6.45) is 1.06. The van der Waals surface area contributed by atoms with Crippen molar-refractivity contribution in [3.63, 3.8) is 0 Å². The zero-order valence-corrected chi connectivity index (χ0v) is 10.5. The molecular formula is C9H10ClN3S2. The molecule has 80 valence electrons. The van der Waals surface area contributed by atoms with Crippen molar-refractivity contribution in [1.29, 1.82) is 0 Å². The first kappa shape index (κ1) is 10.9. The lowest BCUT2D eigenvalue weighted by molar-refractivity contribution is 1.07. The minimum Gasteiger partial charge on any atom is -0.362 e. The summed E-state index contributed by atoms with van der Waals surface area (Å²) in [7, 11) is 0. The molecule has 0 radical (unpaired) electrons. The lowest BCUT2D eigenvalue weighted by Crippen LogP contribution is -2.00. The van der Waals surface area contributed by atoms with Crippen LogP contribution < -0.4 is 5.32 Å². The molecule has 0 atom stereocenters. The second kappa shape index (κ2) is 4.92. The quantitative estimate of drug-likeness (QED) is 0.914. The van der Waals surface area contributed by atoms with Gasteiger partial charge in [-0.25, -0.2) is 0 Å². The highest BCUT2D eigenvalue weighted by atomic mass is 35.5. The van der Waals surface area contributed by atoms with Crippen LogP contribution in [0.3, 0.4) is 0 Å². The number of aromatic nitrogens is 2. The molecule has 2 rings (SSSR count). The predicted molar refractivity (Wildman–Crippen MR) is 65.9 cm³/mol. The van der Waals surface area contributed by atoms with Gasteiger partial charge in [0.1, 0.15) is 0 Å². The van der Waals surface area contributed by atoms with Crippen molar-refractivity contribution in [1.82, 2.24) is 8.75 Å². The first-order valence-electron chi connectivity index (χ1n) is 4.58. The highest BCUT2D eigenvalue weighted by Gasteiger charge is 2.06. The third-order valence-corrected chi connectivity index (χ3v) is 3.94. The Bertz CT molecular complexity index is 438. The Balaban J connectivity index is 2.02. The van der Waals surface area contributed by atoms with Crippen LogP contribution in [-0.2, 0) is 13.0 Å². The van der Waals surface area contributed by atoms with Crippen LogP contribution in [0.25, 0.3) is 0 Å². The van der Waals surface area contributed by atoms with Gasteiger partial charge in [0.05, 0.1) is 18.3 Å². The number of halogens is 1. The summed E-state index contributed by atoms with van der Waals surface area (Å²) >= 11 is 8.71. The van der Waals surface area contributed by atoms with Crippen molar-refractivity contribution in [2.45, 2.75) is 19.9 Å². The van der Waals surface area contributed by atoms with Gasteiger partial charge >= 0.3 is 0 Å². The summed E-state index contributed by atoms with van der Waals surface area (Å²) in [4.78, 5) is 1.33. The number of aryl methyl sites for hydroxylation is 1. The SMILES string of the molecule is CCc1ccsc1CNc1nsnc1Cl. The number of rotatable bonds is 4. The van der Waals surface area contributed by atoms with Gasteiger partial charge in [-0.1, -0.05) is 18.5 Å². The van der Waals surface area contributed by atoms with Crippen LogP contribution in [0.1, 0.15) is 17.4 Å². The number of nitrogens with zero attached hydrogens (tertiary/aromatic N) is 2. The van der Waals surface area contributed by atoms with E-state index in [0.29, 0.717) is 11.0 Å². The van der Waals surface area contributed by atoms with E-state index in [9.17, 15) is 0 Å². The van der Waals surface area contributed by atoms with E-state index < -0.39 is 0 Å². The average molecular weight is 260 g/mol. The normalized spacial score (nSPS) is 10.5. The fourth-order valence-corrected chi connectivity index (χ4v) is 2.88. The Morgan fingerprint density at radius 2 is 2.33 bits per heavy atom. The molecule has 0 amide bonds. The molecule has 3 nitrogen and oxygen atoms in total. The van der Waals surface area contributed by atoms with Crippen LogP contribution in [0.2, 0.25) is 5.15 Å². The predicted octanol–water partition coefficient (Wildman–Crippen LogP) is 3.43. The Morgan fingerprint density at radius 3 is 3.00 bits per heavy atom. The molecule has 6 heteroatoms. The van der Waals surface area contributed by atoms with Gasteiger partial charge in [0.15, 0.2) is 11.0 Å². The molecule has 0 aliphatic heterocycles. The first-order chi connectivity index (χ1) is 7.31. The van der Waals surface area contributed by atoms with Gasteiger partial charge in [0, 0.05) is 4.88 Å². The minimum absolute atomic E-state index is 0.453. The third kappa shape index (κ3) is 2.48. The Kier molecular flexibility index (Phi) is 3.56. The number of thiophene rings is 1. The number of anilines is 1. The highest BCUT2D eigenvalue weighted by molar-refractivity contribution is 7.10. The van der Waals surface area contributed by atoms with E-state index in [1.54, 1.807) is 11.3 Å².